The Kier molecular flexibility index (Phi) is 4.72. The molecule has 2 aliphatic rings. The van der Waals surface area contributed by atoms with E-state index in [1.165, 1.54) is 0 Å². The number of ether oxygens (including phenoxy) is 1. The first kappa shape index (κ1) is 16.0. The highest BCUT2D eigenvalue weighted by Gasteiger charge is 2.40. The molecule has 2 aliphatic heterocycles. The number of hydrogen-bond acceptors (Lipinski definition) is 5. The van der Waals surface area contributed by atoms with Gasteiger partial charge >= 0.3 is 6.09 Å². The van der Waals surface area contributed by atoms with E-state index < -0.39 is 15.3 Å². The third-order valence-electron chi connectivity index (χ3n) is 4.02. The Morgan fingerprint density at radius 3 is 2.48 bits per heavy atom. The van der Waals surface area contributed by atoms with Crippen molar-refractivity contribution < 1.29 is 22.7 Å². The summed E-state index contributed by atoms with van der Waals surface area (Å²) in [5.41, 5.74) is 0. The largest absolute Gasteiger partial charge is 0.450 e. The Bertz CT molecular complexity index is 513. The number of carbonyl (C=O) groups is 2. The van der Waals surface area contributed by atoms with E-state index in [-0.39, 0.29) is 31.0 Å². The van der Waals surface area contributed by atoms with E-state index in [1.54, 1.807) is 16.7 Å². The van der Waals surface area contributed by atoms with Gasteiger partial charge in [-0.2, -0.15) is 0 Å². The molecule has 2 amide bonds. The van der Waals surface area contributed by atoms with Crippen LogP contribution in [0.2, 0.25) is 0 Å². The number of rotatable bonds is 3. The van der Waals surface area contributed by atoms with Gasteiger partial charge in [-0.3, -0.25) is 4.79 Å². The summed E-state index contributed by atoms with van der Waals surface area (Å²) in [6.45, 7) is 3.25. The summed E-state index contributed by atoms with van der Waals surface area (Å²) in [6.07, 6.45) is 0.867. The van der Waals surface area contributed by atoms with Gasteiger partial charge < -0.3 is 14.5 Å². The molecule has 2 rings (SSSR count). The average molecular weight is 319 g/mol. The van der Waals surface area contributed by atoms with Gasteiger partial charge in [0.1, 0.15) is 5.25 Å². The van der Waals surface area contributed by atoms with Crippen molar-refractivity contribution in [3.63, 3.8) is 0 Å². The number of hydrogen-bond donors (Lipinski definition) is 1. The zero-order valence-corrected chi connectivity index (χ0v) is 12.8. The minimum Gasteiger partial charge on any atom is -0.450 e. The number of carbonyl (C=O) groups excluding carboxylic acids is 2. The van der Waals surface area contributed by atoms with E-state index in [2.05, 4.69) is 0 Å². The lowest BCUT2D eigenvalue weighted by atomic mass is 10.0. The van der Waals surface area contributed by atoms with Crippen molar-refractivity contribution in [2.45, 2.75) is 37.5 Å². The van der Waals surface area contributed by atoms with Gasteiger partial charge in [-0.25, -0.2) is 18.4 Å². The first-order chi connectivity index (χ1) is 9.82. The van der Waals surface area contributed by atoms with Crippen molar-refractivity contribution in [1.29, 1.82) is 0 Å². The summed E-state index contributed by atoms with van der Waals surface area (Å²) in [7, 11) is -3.69. The lowest BCUT2D eigenvalue weighted by Gasteiger charge is -2.36. The number of nitrogens with two attached hydrogens (primary N) is 1. The van der Waals surface area contributed by atoms with Crippen LogP contribution in [0, 0.1) is 0 Å². The lowest BCUT2D eigenvalue weighted by molar-refractivity contribution is -0.130. The van der Waals surface area contributed by atoms with Crippen LogP contribution < -0.4 is 5.14 Å². The van der Waals surface area contributed by atoms with Crippen molar-refractivity contribution in [2.24, 2.45) is 5.14 Å². The van der Waals surface area contributed by atoms with Gasteiger partial charge in [0, 0.05) is 32.1 Å². The molecule has 2 heterocycles. The molecule has 0 saturated carbocycles. The monoisotopic (exact) mass is 319 g/mol. The van der Waals surface area contributed by atoms with Crippen molar-refractivity contribution in [1.82, 2.24) is 9.80 Å². The van der Waals surface area contributed by atoms with Gasteiger partial charge in [-0.1, -0.05) is 0 Å². The van der Waals surface area contributed by atoms with Crippen LogP contribution in [-0.2, 0) is 19.6 Å². The molecule has 9 heteroatoms. The molecule has 0 spiro atoms. The second-order valence-electron chi connectivity index (χ2n) is 5.38. The van der Waals surface area contributed by atoms with Crippen molar-refractivity contribution in [3.05, 3.63) is 0 Å². The third-order valence-corrected chi connectivity index (χ3v) is 5.26. The van der Waals surface area contributed by atoms with E-state index in [1.807, 2.05) is 0 Å². The van der Waals surface area contributed by atoms with E-state index in [4.69, 9.17) is 9.88 Å². The molecule has 1 atom stereocenters. The van der Waals surface area contributed by atoms with Gasteiger partial charge in [-0.15, -0.1) is 0 Å². The standard InChI is InChI=1S/C12H21N3O5S/c1-2-20-12(17)14-5-3-9(4-6-14)15-8-10(7-11(15)16)21(13,18)19/h9-10H,2-8H2,1H3,(H2,13,18,19). The normalized spacial score (nSPS) is 24.5. The first-order valence-electron chi connectivity index (χ1n) is 7.05. The average Bonchev–Trinajstić information content (AvgIpc) is 2.81. The smallest absolute Gasteiger partial charge is 0.409 e. The maximum atomic E-state index is 11.9. The van der Waals surface area contributed by atoms with Gasteiger partial charge in [0.05, 0.1) is 6.61 Å². The van der Waals surface area contributed by atoms with Crippen molar-refractivity contribution >= 4 is 22.0 Å². The van der Waals surface area contributed by atoms with Gasteiger partial charge in [-0.05, 0) is 19.8 Å². The van der Waals surface area contributed by atoms with Crippen LogP contribution in [-0.4, -0.2) is 67.8 Å². The number of likely N-dealkylation sites (tertiary alicyclic amines) is 2. The van der Waals surface area contributed by atoms with Crippen LogP contribution in [0.1, 0.15) is 26.2 Å². The Morgan fingerprint density at radius 2 is 2.00 bits per heavy atom. The van der Waals surface area contributed by atoms with E-state index in [9.17, 15) is 18.0 Å². The predicted molar refractivity (Wildman–Crippen MR) is 74.8 cm³/mol. The number of nitrogens with zero attached hydrogens (tertiary/aromatic N) is 2. The third kappa shape index (κ3) is 3.65. The molecule has 21 heavy (non-hydrogen) atoms. The summed E-state index contributed by atoms with van der Waals surface area (Å²) in [5, 5.41) is 4.30. The maximum Gasteiger partial charge on any atom is 0.409 e. The second-order valence-corrected chi connectivity index (χ2v) is 7.22. The van der Waals surface area contributed by atoms with Gasteiger partial charge in [0.2, 0.25) is 15.9 Å². The summed E-state index contributed by atoms with van der Waals surface area (Å²) in [4.78, 5) is 26.8. The van der Waals surface area contributed by atoms with E-state index >= 15 is 0 Å². The Labute approximate surface area is 124 Å². The van der Waals surface area contributed by atoms with Crippen LogP contribution in [0.15, 0.2) is 0 Å². The fraction of sp³-hybridized carbons (Fsp3) is 0.833. The fourth-order valence-electron chi connectivity index (χ4n) is 2.85. The molecule has 1 unspecified atom stereocenters. The minimum absolute atomic E-state index is 0.0325. The van der Waals surface area contributed by atoms with Crippen molar-refractivity contribution in [2.75, 3.05) is 26.2 Å². The van der Waals surface area contributed by atoms with Crippen LogP contribution in [0.4, 0.5) is 4.79 Å². The zero-order valence-electron chi connectivity index (χ0n) is 12.0. The molecule has 8 nitrogen and oxygen atoms in total. The molecule has 0 aromatic rings. The Morgan fingerprint density at radius 1 is 1.38 bits per heavy atom. The Hall–Kier alpha value is -1.35. The van der Waals surface area contributed by atoms with E-state index in [0.717, 1.165) is 0 Å². The number of sulfonamides is 1. The lowest BCUT2D eigenvalue weighted by Crippen LogP contribution is -2.47. The molecule has 0 bridgehead atoms. The number of piperidine rings is 1. The molecule has 0 aliphatic carbocycles. The zero-order chi connectivity index (χ0) is 15.6. The van der Waals surface area contributed by atoms with Gasteiger partial charge in [0.15, 0.2) is 0 Å². The quantitative estimate of drug-likeness (QED) is 0.754. The summed E-state index contributed by atoms with van der Waals surface area (Å²) in [5.74, 6) is -0.177. The SMILES string of the molecule is CCOC(=O)N1CCC(N2CC(S(N)(=O)=O)CC2=O)CC1. The second kappa shape index (κ2) is 6.18. The fourth-order valence-corrected chi connectivity index (χ4v) is 3.59. The predicted octanol–water partition coefficient (Wildman–Crippen LogP) is -0.503. The highest BCUT2D eigenvalue weighted by atomic mass is 32.2. The summed E-state index contributed by atoms with van der Waals surface area (Å²) in [6, 6.07) is -0.0325. The van der Waals surface area contributed by atoms with Crippen LogP contribution in [0.3, 0.4) is 0 Å². The van der Waals surface area contributed by atoms with Crippen LogP contribution in [0.5, 0.6) is 0 Å². The molecular weight excluding hydrogens is 298 g/mol. The van der Waals surface area contributed by atoms with Crippen LogP contribution in [0.25, 0.3) is 0 Å². The number of primary sulfonamides is 1. The molecule has 0 radical (unpaired) electrons. The molecule has 0 aromatic carbocycles. The first-order valence-corrected chi connectivity index (χ1v) is 8.66. The highest BCUT2D eigenvalue weighted by Crippen LogP contribution is 2.25. The van der Waals surface area contributed by atoms with Crippen molar-refractivity contribution in [3.8, 4) is 0 Å². The molecule has 2 fully saturated rings. The molecule has 2 N–H and O–H groups in total. The summed E-state index contributed by atoms with van der Waals surface area (Å²) < 4.78 is 27.6. The summed E-state index contributed by atoms with van der Waals surface area (Å²) >= 11 is 0. The van der Waals surface area contributed by atoms with E-state index in [0.29, 0.717) is 32.5 Å². The molecular formula is C12H21N3O5S. The van der Waals surface area contributed by atoms with Crippen LogP contribution >= 0.6 is 0 Å². The maximum absolute atomic E-state index is 11.9. The molecule has 2 saturated heterocycles. The number of amides is 2. The Balaban J connectivity index is 1.91. The highest BCUT2D eigenvalue weighted by molar-refractivity contribution is 7.89. The minimum atomic E-state index is -3.69. The molecule has 120 valence electrons. The topological polar surface area (TPSA) is 110 Å². The van der Waals surface area contributed by atoms with Gasteiger partial charge in [0.25, 0.3) is 0 Å². The molecule has 0 aromatic heterocycles.